The predicted molar refractivity (Wildman–Crippen MR) is 95.7 cm³/mol. The van der Waals surface area contributed by atoms with Crippen molar-refractivity contribution < 1.29 is 4.79 Å². The van der Waals surface area contributed by atoms with Crippen LogP contribution in [0.3, 0.4) is 0 Å². The second-order valence-electron chi connectivity index (χ2n) is 6.60. The maximum atomic E-state index is 11.5. The summed E-state index contributed by atoms with van der Waals surface area (Å²) in [6.07, 6.45) is 12.5. The number of nitrogens with one attached hydrogen (secondary N) is 1. The molecule has 0 aromatic carbocycles. The van der Waals surface area contributed by atoms with E-state index in [1.165, 1.54) is 18.5 Å². The molecule has 0 bridgehead atoms. The number of hydrogen-bond acceptors (Lipinski definition) is 4. The van der Waals surface area contributed by atoms with Crippen molar-refractivity contribution in [2.45, 2.75) is 44.7 Å². The van der Waals surface area contributed by atoms with Crippen molar-refractivity contribution in [1.29, 1.82) is 0 Å². The van der Waals surface area contributed by atoms with Crippen molar-refractivity contribution in [3.8, 4) is 0 Å². The Morgan fingerprint density at radius 1 is 1.52 bits per heavy atom. The van der Waals surface area contributed by atoms with E-state index in [-0.39, 0.29) is 11.6 Å². The Labute approximate surface area is 140 Å². The summed E-state index contributed by atoms with van der Waals surface area (Å²) in [5.74, 6) is 0. The summed E-state index contributed by atoms with van der Waals surface area (Å²) in [6, 6.07) is -0.00269. The van der Waals surface area contributed by atoms with Crippen LogP contribution >= 0.6 is 0 Å². The molecule has 0 aromatic heterocycles. The zero-order valence-corrected chi connectivity index (χ0v) is 14.7. The van der Waals surface area contributed by atoms with Crippen LogP contribution < -0.4 is 5.32 Å². The Hall–Kier alpha value is -1.62. The summed E-state index contributed by atoms with van der Waals surface area (Å²) in [5.41, 5.74) is 0.903. The molecule has 1 aliphatic heterocycles. The number of aliphatic imine (C=N–C) groups is 1. The van der Waals surface area contributed by atoms with Gasteiger partial charge >= 0.3 is 0 Å². The van der Waals surface area contributed by atoms with Crippen LogP contribution in [0.1, 0.15) is 33.1 Å². The topological polar surface area (TPSA) is 47.9 Å². The fourth-order valence-corrected chi connectivity index (χ4v) is 3.26. The van der Waals surface area contributed by atoms with E-state index in [2.05, 4.69) is 49.3 Å². The molecule has 1 heterocycles. The molecule has 0 saturated carbocycles. The van der Waals surface area contributed by atoms with E-state index in [0.717, 1.165) is 32.5 Å². The van der Waals surface area contributed by atoms with Gasteiger partial charge in [-0.1, -0.05) is 25.5 Å². The van der Waals surface area contributed by atoms with Gasteiger partial charge in [0.15, 0.2) is 0 Å². The average Bonchev–Trinajstić information content (AvgIpc) is 2.72. The summed E-state index contributed by atoms with van der Waals surface area (Å²) in [7, 11) is 2.11. The normalized spacial score (nSPS) is 26.5. The van der Waals surface area contributed by atoms with Gasteiger partial charge in [-0.3, -0.25) is 9.79 Å². The summed E-state index contributed by atoms with van der Waals surface area (Å²) in [4.78, 5) is 20.4. The molecule has 1 aliphatic carbocycles. The number of carbonyl (C=O) groups excluding carboxylic acids is 1. The maximum Gasteiger partial charge on any atom is 0.210 e. The molecule has 5 heteroatoms. The number of nitrogens with zero attached hydrogens (tertiary/aromatic N) is 3. The molecule has 0 fully saturated rings. The zero-order valence-electron chi connectivity index (χ0n) is 14.7. The standard InChI is InChI=1S/C18H30N4O/c1-4-5-10-19-11-13-21(3)16-8-6-7-9-18(2)17(16)20-12-14-22(18)15-23/h6-8,12,15,17,19H,4-5,9-11,13-14H2,1-3H3/t17-,18-/m0/s1. The van der Waals surface area contributed by atoms with Crippen LogP contribution in [-0.2, 0) is 4.79 Å². The molecule has 2 aliphatic rings. The van der Waals surface area contributed by atoms with E-state index in [4.69, 9.17) is 4.99 Å². The Bertz CT molecular complexity index is 485. The summed E-state index contributed by atoms with van der Waals surface area (Å²) in [6.45, 7) is 7.91. The van der Waals surface area contributed by atoms with Crippen LogP contribution in [0.25, 0.3) is 0 Å². The number of allylic oxidation sites excluding steroid dienone is 2. The smallest absolute Gasteiger partial charge is 0.210 e. The van der Waals surface area contributed by atoms with Gasteiger partial charge in [0, 0.05) is 32.0 Å². The Kier molecular flexibility index (Phi) is 6.39. The zero-order chi connectivity index (χ0) is 16.7. The molecule has 1 N–H and O–H groups in total. The number of hydrogen-bond donors (Lipinski definition) is 1. The second kappa shape index (κ2) is 8.29. The fourth-order valence-electron chi connectivity index (χ4n) is 3.26. The van der Waals surface area contributed by atoms with Gasteiger partial charge in [-0.25, -0.2) is 0 Å². The molecule has 23 heavy (non-hydrogen) atoms. The largest absolute Gasteiger partial charge is 0.375 e. The van der Waals surface area contributed by atoms with E-state index in [0.29, 0.717) is 6.54 Å². The van der Waals surface area contributed by atoms with Gasteiger partial charge in [0.05, 0.1) is 12.1 Å². The minimum atomic E-state index is -0.279. The third-order valence-corrected chi connectivity index (χ3v) is 4.89. The minimum Gasteiger partial charge on any atom is -0.375 e. The second-order valence-corrected chi connectivity index (χ2v) is 6.60. The maximum absolute atomic E-state index is 11.5. The fraction of sp³-hybridized carbons (Fsp3) is 0.667. The molecule has 0 aromatic rings. The number of unbranched alkanes of at least 4 members (excludes halogenated alkanes) is 1. The Balaban J connectivity index is 2.06. The molecular formula is C18H30N4O. The lowest BCUT2D eigenvalue weighted by Crippen LogP contribution is -2.58. The molecule has 128 valence electrons. The molecule has 5 nitrogen and oxygen atoms in total. The monoisotopic (exact) mass is 318 g/mol. The first-order valence-electron chi connectivity index (χ1n) is 8.65. The van der Waals surface area contributed by atoms with Crippen LogP contribution in [0.4, 0.5) is 0 Å². The van der Waals surface area contributed by atoms with Crippen molar-refractivity contribution in [1.82, 2.24) is 15.1 Å². The molecular weight excluding hydrogens is 288 g/mol. The lowest BCUT2D eigenvalue weighted by atomic mass is 9.84. The predicted octanol–water partition coefficient (Wildman–Crippen LogP) is 1.82. The van der Waals surface area contributed by atoms with E-state index in [1.54, 1.807) is 0 Å². The van der Waals surface area contributed by atoms with Crippen LogP contribution in [0.5, 0.6) is 0 Å². The third kappa shape index (κ3) is 4.02. The molecule has 0 radical (unpaired) electrons. The van der Waals surface area contributed by atoms with Gasteiger partial charge in [-0.2, -0.15) is 0 Å². The van der Waals surface area contributed by atoms with Crippen LogP contribution in [0, 0.1) is 0 Å². The van der Waals surface area contributed by atoms with Gasteiger partial charge in [-0.05, 0) is 32.4 Å². The SMILES string of the molecule is CCCCNCCN(C)C1=CC=CC[C@@]2(C)[C@H]1N=CCN2C=O. The summed E-state index contributed by atoms with van der Waals surface area (Å²) < 4.78 is 0. The van der Waals surface area contributed by atoms with Crippen molar-refractivity contribution in [3.63, 3.8) is 0 Å². The molecule has 1 amide bonds. The molecule has 0 saturated heterocycles. The number of fused-ring (bicyclic) bond motifs is 1. The molecule has 0 unspecified atom stereocenters. The van der Waals surface area contributed by atoms with E-state index < -0.39 is 0 Å². The number of likely N-dealkylation sites (N-methyl/N-ethyl adjacent to an activating group) is 1. The Morgan fingerprint density at radius 2 is 2.35 bits per heavy atom. The van der Waals surface area contributed by atoms with Gasteiger partial charge in [0.2, 0.25) is 6.41 Å². The number of amides is 1. The van der Waals surface area contributed by atoms with Gasteiger partial charge in [0.1, 0.15) is 6.04 Å². The number of rotatable bonds is 8. The third-order valence-electron chi connectivity index (χ3n) is 4.89. The van der Waals surface area contributed by atoms with Crippen LogP contribution in [0.15, 0.2) is 28.9 Å². The highest BCUT2D eigenvalue weighted by Gasteiger charge is 2.43. The average molecular weight is 318 g/mol. The van der Waals surface area contributed by atoms with E-state index in [1.807, 2.05) is 11.1 Å². The van der Waals surface area contributed by atoms with Crippen LogP contribution in [-0.4, -0.2) is 67.2 Å². The molecule has 2 atom stereocenters. The highest BCUT2D eigenvalue weighted by molar-refractivity contribution is 5.68. The first kappa shape index (κ1) is 17.7. The minimum absolute atomic E-state index is 0.00269. The lowest BCUT2D eigenvalue weighted by Gasteiger charge is -2.46. The Morgan fingerprint density at radius 3 is 3.09 bits per heavy atom. The van der Waals surface area contributed by atoms with Gasteiger partial charge in [0.25, 0.3) is 0 Å². The van der Waals surface area contributed by atoms with Gasteiger partial charge in [-0.15, -0.1) is 0 Å². The first-order chi connectivity index (χ1) is 11.1. The van der Waals surface area contributed by atoms with Crippen LogP contribution in [0.2, 0.25) is 0 Å². The summed E-state index contributed by atoms with van der Waals surface area (Å²) in [5, 5.41) is 3.48. The molecule has 2 rings (SSSR count). The van der Waals surface area contributed by atoms with Crippen molar-refractivity contribution >= 4 is 12.6 Å². The van der Waals surface area contributed by atoms with Crippen molar-refractivity contribution in [2.75, 3.05) is 33.2 Å². The molecule has 0 spiro atoms. The van der Waals surface area contributed by atoms with Crippen molar-refractivity contribution in [3.05, 3.63) is 23.9 Å². The van der Waals surface area contributed by atoms with E-state index >= 15 is 0 Å². The first-order valence-corrected chi connectivity index (χ1v) is 8.65. The highest BCUT2D eigenvalue weighted by atomic mass is 16.1. The number of carbonyl (C=O) groups is 1. The summed E-state index contributed by atoms with van der Waals surface area (Å²) >= 11 is 0. The van der Waals surface area contributed by atoms with E-state index in [9.17, 15) is 4.79 Å². The van der Waals surface area contributed by atoms with Gasteiger partial charge < -0.3 is 15.1 Å². The quantitative estimate of drug-likeness (QED) is 0.548. The lowest BCUT2D eigenvalue weighted by molar-refractivity contribution is -0.123. The van der Waals surface area contributed by atoms with Crippen molar-refractivity contribution in [2.24, 2.45) is 4.99 Å². The highest BCUT2D eigenvalue weighted by Crippen LogP contribution is 2.34.